The molecule has 1 atom stereocenters. The van der Waals surface area contributed by atoms with Crippen molar-refractivity contribution in [1.29, 1.82) is 0 Å². The van der Waals surface area contributed by atoms with Gasteiger partial charge in [0.05, 0.1) is 13.7 Å². The topological polar surface area (TPSA) is 35.5 Å². The number of hydrogen-bond donors (Lipinski definition) is 0. The SMILES string of the molecule is CCCCCCCCOC(=O)C(=Cc1ccc(OC)cc1)CC(CC)CCCC. The summed E-state index contributed by atoms with van der Waals surface area (Å²) < 4.78 is 10.9. The van der Waals surface area contributed by atoms with Gasteiger partial charge in [-0.3, -0.25) is 0 Å². The highest BCUT2D eigenvalue weighted by atomic mass is 16.5. The van der Waals surface area contributed by atoms with Gasteiger partial charge in [0, 0.05) is 5.57 Å². The quantitative estimate of drug-likeness (QED) is 0.162. The maximum Gasteiger partial charge on any atom is 0.334 e. The van der Waals surface area contributed by atoms with Crippen molar-refractivity contribution >= 4 is 12.0 Å². The Kier molecular flexibility index (Phi) is 14.0. The first-order valence-corrected chi connectivity index (χ1v) is 11.7. The van der Waals surface area contributed by atoms with Gasteiger partial charge in [-0.1, -0.05) is 90.7 Å². The Hall–Kier alpha value is -1.77. The van der Waals surface area contributed by atoms with Gasteiger partial charge >= 0.3 is 5.97 Å². The number of unbranched alkanes of at least 4 members (excludes halogenated alkanes) is 6. The van der Waals surface area contributed by atoms with E-state index in [2.05, 4.69) is 20.8 Å². The molecule has 0 bridgehead atoms. The zero-order valence-corrected chi connectivity index (χ0v) is 19.2. The summed E-state index contributed by atoms with van der Waals surface area (Å²) in [6.45, 7) is 7.18. The van der Waals surface area contributed by atoms with E-state index < -0.39 is 0 Å². The smallest absolute Gasteiger partial charge is 0.334 e. The summed E-state index contributed by atoms with van der Waals surface area (Å²) in [7, 11) is 1.66. The van der Waals surface area contributed by atoms with Crippen LogP contribution in [0.3, 0.4) is 0 Å². The highest BCUT2D eigenvalue weighted by Crippen LogP contribution is 2.24. The monoisotopic (exact) mass is 402 g/mol. The van der Waals surface area contributed by atoms with E-state index in [1.165, 1.54) is 38.5 Å². The van der Waals surface area contributed by atoms with E-state index in [0.717, 1.165) is 49.0 Å². The second-order valence-corrected chi connectivity index (χ2v) is 7.97. The molecule has 0 saturated carbocycles. The molecule has 164 valence electrons. The standard InChI is InChI=1S/C26H42O3/c1-5-8-10-11-12-13-19-29-26(27)24(20-22(7-3)14-9-6-2)21-23-15-17-25(28-4)18-16-23/h15-18,21-22H,5-14,19-20H2,1-4H3. The molecule has 1 aromatic rings. The summed E-state index contributed by atoms with van der Waals surface area (Å²) >= 11 is 0. The number of ether oxygens (including phenoxy) is 2. The maximum absolute atomic E-state index is 12.8. The van der Waals surface area contributed by atoms with Gasteiger partial charge in [0.15, 0.2) is 0 Å². The number of methoxy groups -OCH3 is 1. The van der Waals surface area contributed by atoms with Gasteiger partial charge in [-0.25, -0.2) is 4.79 Å². The molecule has 0 N–H and O–H groups in total. The van der Waals surface area contributed by atoms with Crippen LogP contribution in [0.2, 0.25) is 0 Å². The highest BCUT2D eigenvalue weighted by Gasteiger charge is 2.17. The molecule has 3 heteroatoms. The predicted molar refractivity (Wildman–Crippen MR) is 123 cm³/mol. The van der Waals surface area contributed by atoms with E-state index in [0.29, 0.717) is 12.5 Å². The molecule has 0 amide bonds. The Morgan fingerprint density at radius 1 is 0.931 bits per heavy atom. The Morgan fingerprint density at radius 3 is 2.21 bits per heavy atom. The molecule has 0 saturated heterocycles. The van der Waals surface area contributed by atoms with Crippen LogP contribution in [0.1, 0.15) is 97.0 Å². The van der Waals surface area contributed by atoms with Crippen LogP contribution in [0.5, 0.6) is 5.75 Å². The second-order valence-electron chi connectivity index (χ2n) is 7.97. The average molecular weight is 403 g/mol. The van der Waals surface area contributed by atoms with Crippen molar-refractivity contribution in [3.8, 4) is 5.75 Å². The van der Waals surface area contributed by atoms with Crippen molar-refractivity contribution in [3.63, 3.8) is 0 Å². The van der Waals surface area contributed by atoms with Crippen LogP contribution in [0.25, 0.3) is 6.08 Å². The summed E-state index contributed by atoms with van der Waals surface area (Å²) in [5.74, 6) is 1.20. The first-order chi connectivity index (χ1) is 14.1. The van der Waals surface area contributed by atoms with Gasteiger partial charge in [0.2, 0.25) is 0 Å². The number of benzene rings is 1. The molecule has 0 aromatic heterocycles. The van der Waals surface area contributed by atoms with E-state index in [4.69, 9.17) is 9.47 Å². The van der Waals surface area contributed by atoms with E-state index in [9.17, 15) is 4.79 Å². The van der Waals surface area contributed by atoms with Crippen molar-refractivity contribution in [1.82, 2.24) is 0 Å². The first kappa shape index (κ1) is 25.3. The highest BCUT2D eigenvalue weighted by molar-refractivity contribution is 5.93. The fraction of sp³-hybridized carbons (Fsp3) is 0.654. The molecule has 0 aliphatic heterocycles. The number of esters is 1. The molecule has 0 radical (unpaired) electrons. The minimum atomic E-state index is -0.149. The van der Waals surface area contributed by atoms with Crippen molar-refractivity contribution in [2.45, 2.75) is 91.4 Å². The van der Waals surface area contributed by atoms with Crippen LogP contribution in [-0.2, 0) is 9.53 Å². The summed E-state index contributed by atoms with van der Waals surface area (Å²) in [5.41, 5.74) is 1.81. The number of carbonyl (C=O) groups is 1. The molecule has 0 spiro atoms. The van der Waals surface area contributed by atoms with Crippen LogP contribution in [0.4, 0.5) is 0 Å². The third-order valence-corrected chi connectivity index (χ3v) is 5.50. The molecule has 0 heterocycles. The van der Waals surface area contributed by atoms with Crippen molar-refractivity contribution < 1.29 is 14.3 Å². The van der Waals surface area contributed by atoms with Gasteiger partial charge in [0.25, 0.3) is 0 Å². The minimum absolute atomic E-state index is 0.149. The lowest BCUT2D eigenvalue weighted by Gasteiger charge is -2.16. The van der Waals surface area contributed by atoms with Crippen LogP contribution >= 0.6 is 0 Å². The molecule has 0 fully saturated rings. The van der Waals surface area contributed by atoms with Crippen LogP contribution in [-0.4, -0.2) is 19.7 Å². The van der Waals surface area contributed by atoms with Crippen LogP contribution in [0, 0.1) is 5.92 Å². The third kappa shape index (κ3) is 11.1. The molecule has 1 aromatic carbocycles. The molecule has 1 rings (SSSR count). The van der Waals surface area contributed by atoms with Crippen LogP contribution in [0.15, 0.2) is 29.8 Å². The lowest BCUT2D eigenvalue weighted by atomic mass is 9.91. The largest absolute Gasteiger partial charge is 0.497 e. The Morgan fingerprint density at radius 2 is 1.59 bits per heavy atom. The Balaban J connectivity index is 2.72. The van der Waals surface area contributed by atoms with Gasteiger partial charge in [-0.15, -0.1) is 0 Å². The summed E-state index contributed by atoms with van der Waals surface area (Å²) in [6, 6.07) is 7.85. The molecular formula is C26H42O3. The fourth-order valence-electron chi connectivity index (χ4n) is 3.50. The first-order valence-electron chi connectivity index (χ1n) is 11.7. The van der Waals surface area contributed by atoms with E-state index in [-0.39, 0.29) is 5.97 Å². The summed E-state index contributed by atoms with van der Waals surface area (Å²) in [5, 5.41) is 0. The van der Waals surface area contributed by atoms with Crippen LogP contribution < -0.4 is 4.74 Å². The van der Waals surface area contributed by atoms with Crippen molar-refractivity contribution in [3.05, 3.63) is 35.4 Å². The fourth-order valence-corrected chi connectivity index (χ4v) is 3.50. The van der Waals surface area contributed by atoms with E-state index in [1.54, 1.807) is 7.11 Å². The third-order valence-electron chi connectivity index (χ3n) is 5.50. The van der Waals surface area contributed by atoms with E-state index in [1.807, 2.05) is 30.3 Å². The summed E-state index contributed by atoms with van der Waals surface area (Å²) in [4.78, 5) is 12.8. The van der Waals surface area contributed by atoms with Crippen molar-refractivity contribution in [2.75, 3.05) is 13.7 Å². The number of rotatable bonds is 16. The summed E-state index contributed by atoms with van der Waals surface area (Å²) in [6.07, 6.45) is 14.6. The van der Waals surface area contributed by atoms with E-state index >= 15 is 0 Å². The second kappa shape index (κ2) is 16.1. The minimum Gasteiger partial charge on any atom is -0.497 e. The predicted octanol–water partition coefficient (Wildman–Crippen LogP) is 7.59. The molecular weight excluding hydrogens is 360 g/mol. The molecule has 0 aliphatic carbocycles. The molecule has 29 heavy (non-hydrogen) atoms. The van der Waals surface area contributed by atoms with Gasteiger partial charge in [-0.2, -0.15) is 0 Å². The lowest BCUT2D eigenvalue weighted by molar-refractivity contribution is -0.139. The lowest BCUT2D eigenvalue weighted by Crippen LogP contribution is -2.13. The van der Waals surface area contributed by atoms with Crippen molar-refractivity contribution in [2.24, 2.45) is 5.92 Å². The van der Waals surface area contributed by atoms with Gasteiger partial charge < -0.3 is 9.47 Å². The normalized spacial score (nSPS) is 12.6. The Labute approximate surface area is 178 Å². The number of carbonyl (C=O) groups excluding carboxylic acids is 1. The Bertz CT molecular complexity index is 574. The molecule has 3 nitrogen and oxygen atoms in total. The number of hydrogen-bond acceptors (Lipinski definition) is 3. The molecule has 1 unspecified atom stereocenters. The maximum atomic E-state index is 12.8. The van der Waals surface area contributed by atoms with Gasteiger partial charge in [0.1, 0.15) is 5.75 Å². The zero-order chi connectivity index (χ0) is 21.3. The zero-order valence-electron chi connectivity index (χ0n) is 19.2. The average Bonchev–Trinajstić information content (AvgIpc) is 2.75. The van der Waals surface area contributed by atoms with Gasteiger partial charge in [-0.05, 0) is 42.5 Å². The molecule has 0 aliphatic rings.